The summed E-state index contributed by atoms with van der Waals surface area (Å²) < 4.78 is 4.76. The Hall–Kier alpha value is -0.570. The van der Waals surface area contributed by atoms with Crippen LogP contribution in [0.25, 0.3) is 0 Å². The van der Waals surface area contributed by atoms with Crippen molar-refractivity contribution in [3.8, 4) is 0 Å². The molecule has 2 aliphatic rings. The number of nitrogens with two attached hydrogens (primary N) is 1. The lowest BCUT2D eigenvalue weighted by Crippen LogP contribution is -2.29. The van der Waals surface area contributed by atoms with Gasteiger partial charge in [0, 0.05) is 6.54 Å². The van der Waals surface area contributed by atoms with Gasteiger partial charge in [0.25, 0.3) is 0 Å². The van der Waals surface area contributed by atoms with Crippen LogP contribution in [0, 0.1) is 17.3 Å². The van der Waals surface area contributed by atoms with Gasteiger partial charge in [0.1, 0.15) is 0 Å². The molecule has 0 aromatic rings. The highest BCUT2D eigenvalue weighted by molar-refractivity contribution is 5.81. The summed E-state index contributed by atoms with van der Waals surface area (Å²) in [6.07, 6.45) is 3.52. The molecule has 2 fully saturated rings. The van der Waals surface area contributed by atoms with Gasteiger partial charge in [-0.15, -0.1) is 0 Å². The molecule has 3 heteroatoms. The lowest BCUT2D eigenvalue weighted by molar-refractivity contribution is -0.147. The van der Waals surface area contributed by atoms with Crippen LogP contribution in [0.3, 0.4) is 0 Å². The van der Waals surface area contributed by atoms with Crippen molar-refractivity contribution < 1.29 is 9.53 Å². The lowest BCUT2D eigenvalue weighted by Gasteiger charge is -2.11. The van der Waals surface area contributed by atoms with E-state index >= 15 is 0 Å². The van der Waals surface area contributed by atoms with Crippen molar-refractivity contribution in [3.05, 3.63) is 0 Å². The van der Waals surface area contributed by atoms with Crippen LogP contribution in [0.1, 0.15) is 19.3 Å². The fourth-order valence-corrected chi connectivity index (χ4v) is 2.21. The number of carbonyl (C=O) groups is 1. The molecule has 68 valence electrons. The Labute approximate surface area is 72.3 Å². The zero-order valence-electron chi connectivity index (χ0n) is 7.38. The fraction of sp³-hybridized carbons (Fsp3) is 0.889. The molecule has 0 amide bonds. The highest BCUT2D eigenvalue weighted by atomic mass is 16.5. The van der Waals surface area contributed by atoms with Crippen molar-refractivity contribution in [1.29, 1.82) is 0 Å². The third-order valence-electron chi connectivity index (χ3n) is 3.28. The van der Waals surface area contributed by atoms with E-state index in [0.717, 1.165) is 12.3 Å². The predicted octanol–water partition coefficient (Wildman–Crippen LogP) is 0.534. The highest BCUT2D eigenvalue weighted by Crippen LogP contribution is 2.62. The summed E-state index contributed by atoms with van der Waals surface area (Å²) in [7, 11) is 1.45. The van der Waals surface area contributed by atoms with Gasteiger partial charge in [-0.05, 0) is 31.1 Å². The number of esters is 1. The summed E-state index contributed by atoms with van der Waals surface area (Å²) in [6.45, 7) is 0.459. The molecule has 2 N–H and O–H groups in total. The maximum absolute atomic E-state index is 11.4. The third kappa shape index (κ3) is 0.959. The molecular formula is C9H15NO2. The van der Waals surface area contributed by atoms with Gasteiger partial charge in [-0.25, -0.2) is 0 Å². The van der Waals surface area contributed by atoms with E-state index in [-0.39, 0.29) is 11.4 Å². The summed E-state index contributed by atoms with van der Waals surface area (Å²) in [6, 6.07) is 0. The van der Waals surface area contributed by atoms with E-state index in [1.54, 1.807) is 0 Å². The number of carbonyl (C=O) groups excluding carboxylic acids is 1. The SMILES string of the molecule is COC(=O)[C@]1(CN)C[C@@H]1C1CC1. The van der Waals surface area contributed by atoms with Crippen LogP contribution in [0.15, 0.2) is 0 Å². The maximum atomic E-state index is 11.4. The molecule has 2 aliphatic carbocycles. The second-order valence-corrected chi connectivity index (χ2v) is 4.00. The first kappa shape index (κ1) is 8.05. The number of rotatable bonds is 3. The zero-order chi connectivity index (χ0) is 8.77. The van der Waals surface area contributed by atoms with Gasteiger partial charge < -0.3 is 10.5 Å². The summed E-state index contributed by atoms with van der Waals surface area (Å²) >= 11 is 0. The molecule has 0 spiro atoms. The third-order valence-corrected chi connectivity index (χ3v) is 3.28. The van der Waals surface area contributed by atoms with E-state index in [2.05, 4.69) is 0 Å². The normalized spacial score (nSPS) is 39.3. The molecule has 0 heterocycles. The summed E-state index contributed by atoms with van der Waals surface area (Å²) in [5.74, 6) is 1.21. The van der Waals surface area contributed by atoms with Crippen molar-refractivity contribution in [2.75, 3.05) is 13.7 Å². The Kier molecular flexibility index (Phi) is 1.65. The first-order chi connectivity index (χ1) is 5.74. The van der Waals surface area contributed by atoms with Crippen LogP contribution in [-0.4, -0.2) is 19.6 Å². The smallest absolute Gasteiger partial charge is 0.313 e. The Morgan fingerprint density at radius 1 is 1.67 bits per heavy atom. The summed E-state index contributed by atoms with van der Waals surface area (Å²) in [5, 5.41) is 0. The Morgan fingerprint density at radius 3 is 2.75 bits per heavy atom. The summed E-state index contributed by atoms with van der Waals surface area (Å²) in [4.78, 5) is 11.4. The second kappa shape index (κ2) is 2.46. The minimum Gasteiger partial charge on any atom is -0.469 e. The van der Waals surface area contributed by atoms with Crippen LogP contribution in [0.4, 0.5) is 0 Å². The van der Waals surface area contributed by atoms with E-state index in [4.69, 9.17) is 10.5 Å². The van der Waals surface area contributed by atoms with Crippen molar-refractivity contribution in [2.45, 2.75) is 19.3 Å². The molecule has 0 radical (unpaired) electrons. The van der Waals surface area contributed by atoms with E-state index in [0.29, 0.717) is 12.5 Å². The molecule has 0 bridgehead atoms. The largest absolute Gasteiger partial charge is 0.469 e. The quantitative estimate of drug-likeness (QED) is 0.627. The molecule has 0 unspecified atom stereocenters. The van der Waals surface area contributed by atoms with Crippen molar-refractivity contribution in [2.24, 2.45) is 23.0 Å². The molecule has 0 saturated heterocycles. The van der Waals surface area contributed by atoms with Gasteiger partial charge in [0.2, 0.25) is 0 Å². The summed E-state index contributed by atoms with van der Waals surface area (Å²) in [5.41, 5.74) is 5.32. The number of ether oxygens (including phenoxy) is 1. The Morgan fingerprint density at radius 2 is 2.33 bits per heavy atom. The molecule has 0 aromatic heterocycles. The average Bonchev–Trinajstić information content (AvgIpc) is 2.94. The average molecular weight is 169 g/mol. The van der Waals surface area contributed by atoms with Gasteiger partial charge >= 0.3 is 5.97 Å². The molecule has 0 aliphatic heterocycles. The van der Waals surface area contributed by atoms with E-state index < -0.39 is 0 Å². The van der Waals surface area contributed by atoms with E-state index in [1.165, 1.54) is 20.0 Å². The molecule has 2 saturated carbocycles. The molecular weight excluding hydrogens is 154 g/mol. The maximum Gasteiger partial charge on any atom is 0.313 e. The second-order valence-electron chi connectivity index (χ2n) is 4.00. The first-order valence-corrected chi connectivity index (χ1v) is 4.53. The minimum atomic E-state index is -0.282. The minimum absolute atomic E-state index is 0.0955. The topological polar surface area (TPSA) is 52.3 Å². The number of hydrogen-bond donors (Lipinski definition) is 1. The van der Waals surface area contributed by atoms with Crippen molar-refractivity contribution >= 4 is 5.97 Å². The van der Waals surface area contributed by atoms with Gasteiger partial charge in [0.05, 0.1) is 12.5 Å². The Bertz CT molecular complexity index is 213. The Balaban J connectivity index is 2.03. The van der Waals surface area contributed by atoms with Crippen LogP contribution in [0.2, 0.25) is 0 Å². The molecule has 12 heavy (non-hydrogen) atoms. The first-order valence-electron chi connectivity index (χ1n) is 4.53. The highest BCUT2D eigenvalue weighted by Gasteiger charge is 2.64. The monoisotopic (exact) mass is 169 g/mol. The fourth-order valence-electron chi connectivity index (χ4n) is 2.21. The van der Waals surface area contributed by atoms with Gasteiger partial charge in [-0.1, -0.05) is 0 Å². The molecule has 0 aromatic carbocycles. The number of methoxy groups -OCH3 is 1. The molecule has 2 rings (SSSR count). The molecule has 3 nitrogen and oxygen atoms in total. The predicted molar refractivity (Wildman–Crippen MR) is 44.3 cm³/mol. The van der Waals surface area contributed by atoms with Crippen LogP contribution < -0.4 is 5.73 Å². The van der Waals surface area contributed by atoms with Crippen LogP contribution in [0.5, 0.6) is 0 Å². The van der Waals surface area contributed by atoms with Gasteiger partial charge in [-0.3, -0.25) is 4.79 Å². The van der Waals surface area contributed by atoms with Crippen LogP contribution >= 0.6 is 0 Å². The lowest BCUT2D eigenvalue weighted by atomic mass is 10.0. The molecule has 2 atom stereocenters. The van der Waals surface area contributed by atoms with Crippen molar-refractivity contribution in [3.63, 3.8) is 0 Å². The van der Waals surface area contributed by atoms with Gasteiger partial charge in [0.15, 0.2) is 0 Å². The van der Waals surface area contributed by atoms with Crippen LogP contribution in [-0.2, 0) is 9.53 Å². The number of hydrogen-bond acceptors (Lipinski definition) is 3. The van der Waals surface area contributed by atoms with E-state index in [1.807, 2.05) is 0 Å². The zero-order valence-corrected chi connectivity index (χ0v) is 7.38. The van der Waals surface area contributed by atoms with Gasteiger partial charge in [-0.2, -0.15) is 0 Å². The van der Waals surface area contributed by atoms with E-state index in [9.17, 15) is 4.79 Å². The standard InChI is InChI=1S/C9H15NO2/c1-12-8(11)9(5-10)4-7(9)6-2-3-6/h6-7H,2-5,10H2,1H3/t7-,9+/m1/s1. The van der Waals surface area contributed by atoms with Crippen molar-refractivity contribution in [1.82, 2.24) is 0 Å².